The lowest BCUT2D eigenvalue weighted by Gasteiger charge is -2.43. The van der Waals surface area contributed by atoms with Gasteiger partial charge in [0.15, 0.2) is 0 Å². The van der Waals surface area contributed by atoms with Gasteiger partial charge in [0.05, 0.1) is 0 Å². The second kappa shape index (κ2) is 4.65. The van der Waals surface area contributed by atoms with E-state index in [9.17, 15) is 4.79 Å². The van der Waals surface area contributed by atoms with Crippen LogP contribution in [-0.2, 0) is 4.79 Å². The standard InChI is InChI=1S/C13H25NO/c1-6-14(5)12-9-10(15)7-8-11(12)13(2,3)4/h11-12H,6-9H2,1-5H3. The van der Waals surface area contributed by atoms with Crippen LogP contribution in [0.4, 0.5) is 0 Å². The van der Waals surface area contributed by atoms with E-state index in [1.807, 2.05) is 0 Å². The number of nitrogens with zero attached hydrogens (tertiary/aromatic N) is 1. The third kappa shape index (κ3) is 3.04. The van der Waals surface area contributed by atoms with Crippen molar-refractivity contribution >= 4 is 5.78 Å². The van der Waals surface area contributed by atoms with E-state index in [1.165, 1.54) is 0 Å². The summed E-state index contributed by atoms with van der Waals surface area (Å²) in [5.41, 5.74) is 0.314. The van der Waals surface area contributed by atoms with E-state index in [0.717, 1.165) is 25.8 Å². The molecule has 1 aliphatic rings. The Hall–Kier alpha value is -0.370. The monoisotopic (exact) mass is 211 g/mol. The highest BCUT2D eigenvalue weighted by Crippen LogP contribution is 2.38. The summed E-state index contributed by atoms with van der Waals surface area (Å²) in [4.78, 5) is 13.9. The van der Waals surface area contributed by atoms with Crippen LogP contribution in [-0.4, -0.2) is 30.3 Å². The number of hydrogen-bond donors (Lipinski definition) is 0. The molecule has 0 saturated heterocycles. The fourth-order valence-corrected chi connectivity index (χ4v) is 2.69. The van der Waals surface area contributed by atoms with Crippen LogP contribution in [0.15, 0.2) is 0 Å². The molecule has 2 unspecified atom stereocenters. The predicted octanol–water partition coefficient (Wildman–Crippen LogP) is 2.72. The Morgan fingerprint density at radius 1 is 1.40 bits per heavy atom. The maximum absolute atomic E-state index is 11.5. The van der Waals surface area contributed by atoms with Gasteiger partial charge in [0.1, 0.15) is 5.78 Å². The van der Waals surface area contributed by atoms with E-state index in [-0.39, 0.29) is 0 Å². The van der Waals surface area contributed by atoms with Crippen molar-refractivity contribution in [2.24, 2.45) is 11.3 Å². The molecule has 2 heteroatoms. The summed E-state index contributed by atoms with van der Waals surface area (Å²) in [7, 11) is 2.14. The first-order valence-corrected chi connectivity index (χ1v) is 6.08. The molecule has 0 aromatic rings. The predicted molar refractivity (Wildman–Crippen MR) is 63.9 cm³/mol. The molecule has 2 atom stereocenters. The Morgan fingerprint density at radius 2 is 2.00 bits per heavy atom. The average molecular weight is 211 g/mol. The molecule has 0 aromatic carbocycles. The van der Waals surface area contributed by atoms with Crippen LogP contribution in [0.3, 0.4) is 0 Å². The van der Waals surface area contributed by atoms with Crippen molar-refractivity contribution in [2.75, 3.05) is 13.6 Å². The van der Waals surface area contributed by atoms with Gasteiger partial charge < -0.3 is 4.90 Å². The van der Waals surface area contributed by atoms with Crippen molar-refractivity contribution in [3.05, 3.63) is 0 Å². The molecule has 0 radical (unpaired) electrons. The maximum atomic E-state index is 11.5. The number of hydrogen-bond acceptors (Lipinski definition) is 2. The van der Waals surface area contributed by atoms with Gasteiger partial charge in [-0.15, -0.1) is 0 Å². The molecular formula is C13H25NO. The molecular weight excluding hydrogens is 186 g/mol. The molecule has 1 saturated carbocycles. The summed E-state index contributed by atoms with van der Waals surface area (Å²) >= 11 is 0. The third-order valence-electron chi connectivity index (χ3n) is 3.81. The van der Waals surface area contributed by atoms with E-state index in [0.29, 0.717) is 23.2 Å². The second-order valence-corrected chi connectivity index (χ2v) is 5.89. The van der Waals surface area contributed by atoms with Crippen molar-refractivity contribution < 1.29 is 4.79 Å². The van der Waals surface area contributed by atoms with E-state index < -0.39 is 0 Å². The zero-order valence-electron chi connectivity index (χ0n) is 10.8. The van der Waals surface area contributed by atoms with Crippen LogP contribution in [0.25, 0.3) is 0 Å². The number of carbonyl (C=O) groups is 1. The number of carbonyl (C=O) groups excluding carboxylic acids is 1. The Kier molecular flexibility index (Phi) is 3.93. The number of rotatable bonds is 2. The number of ketones is 1. The van der Waals surface area contributed by atoms with E-state index in [2.05, 4.69) is 39.6 Å². The zero-order valence-corrected chi connectivity index (χ0v) is 10.8. The first-order chi connectivity index (χ1) is 6.86. The summed E-state index contributed by atoms with van der Waals surface area (Å²) in [6.07, 6.45) is 2.61. The highest BCUT2D eigenvalue weighted by molar-refractivity contribution is 5.79. The summed E-state index contributed by atoms with van der Waals surface area (Å²) in [5, 5.41) is 0. The lowest BCUT2D eigenvalue weighted by molar-refractivity contribution is -0.124. The lowest BCUT2D eigenvalue weighted by Crippen LogP contribution is -2.47. The van der Waals surface area contributed by atoms with Gasteiger partial charge in [-0.3, -0.25) is 4.79 Å². The van der Waals surface area contributed by atoms with Gasteiger partial charge >= 0.3 is 0 Å². The van der Waals surface area contributed by atoms with Crippen molar-refractivity contribution in [3.63, 3.8) is 0 Å². The quantitative estimate of drug-likeness (QED) is 0.700. The van der Waals surface area contributed by atoms with Crippen LogP contribution >= 0.6 is 0 Å². The molecule has 1 aliphatic carbocycles. The van der Waals surface area contributed by atoms with Crippen LogP contribution < -0.4 is 0 Å². The van der Waals surface area contributed by atoms with Gasteiger partial charge in [-0.25, -0.2) is 0 Å². The van der Waals surface area contributed by atoms with Crippen LogP contribution in [0.1, 0.15) is 47.0 Å². The van der Waals surface area contributed by atoms with Gasteiger partial charge in [-0.05, 0) is 31.3 Å². The average Bonchev–Trinajstić information content (AvgIpc) is 2.14. The first kappa shape index (κ1) is 12.7. The van der Waals surface area contributed by atoms with Gasteiger partial charge in [0.2, 0.25) is 0 Å². The van der Waals surface area contributed by atoms with Crippen LogP contribution in [0.2, 0.25) is 0 Å². The Balaban J connectivity index is 2.79. The highest BCUT2D eigenvalue weighted by atomic mass is 16.1. The summed E-state index contributed by atoms with van der Waals surface area (Å²) in [5.74, 6) is 1.10. The Bertz CT molecular complexity index is 229. The minimum Gasteiger partial charge on any atom is -0.303 e. The van der Waals surface area contributed by atoms with Crippen molar-refractivity contribution in [1.29, 1.82) is 0 Å². The van der Waals surface area contributed by atoms with Gasteiger partial charge in [0.25, 0.3) is 0 Å². The Labute approximate surface area is 94.0 Å². The molecule has 0 amide bonds. The van der Waals surface area contributed by atoms with Crippen LogP contribution in [0, 0.1) is 11.3 Å². The fraction of sp³-hybridized carbons (Fsp3) is 0.923. The molecule has 1 fully saturated rings. The first-order valence-electron chi connectivity index (χ1n) is 6.08. The largest absolute Gasteiger partial charge is 0.303 e. The molecule has 0 aliphatic heterocycles. The molecule has 0 N–H and O–H groups in total. The summed E-state index contributed by atoms with van der Waals surface area (Å²) < 4.78 is 0. The van der Waals surface area contributed by atoms with Gasteiger partial charge in [-0.2, -0.15) is 0 Å². The molecule has 2 nitrogen and oxygen atoms in total. The van der Waals surface area contributed by atoms with E-state index in [4.69, 9.17) is 0 Å². The normalized spacial score (nSPS) is 28.5. The van der Waals surface area contributed by atoms with Crippen LogP contribution in [0.5, 0.6) is 0 Å². The molecule has 1 rings (SSSR count). The third-order valence-corrected chi connectivity index (χ3v) is 3.81. The SMILES string of the molecule is CCN(C)C1CC(=O)CCC1C(C)(C)C. The lowest BCUT2D eigenvalue weighted by atomic mass is 9.69. The Morgan fingerprint density at radius 3 is 2.47 bits per heavy atom. The summed E-state index contributed by atoms with van der Waals surface area (Å²) in [6, 6.07) is 0.455. The molecule has 0 aromatic heterocycles. The minimum absolute atomic E-state index is 0.314. The molecule has 0 spiro atoms. The van der Waals surface area contributed by atoms with Gasteiger partial charge in [-0.1, -0.05) is 27.7 Å². The second-order valence-electron chi connectivity index (χ2n) is 5.89. The zero-order chi connectivity index (χ0) is 11.6. The summed E-state index contributed by atoms with van der Waals surface area (Å²) in [6.45, 7) is 10.1. The fourth-order valence-electron chi connectivity index (χ4n) is 2.69. The van der Waals surface area contributed by atoms with Crippen molar-refractivity contribution in [2.45, 2.75) is 53.0 Å². The molecule has 15 heavy (non-hydrogen) atoms. The van der Waals surface area contributed by atoms with Gasteiger partial charge in [0, 0.05) is 18.9 Å². The minimum atomic E-state index is 0.314. The molecule has 0 heterocycles. The van der Waals surface area contributed by atoms with E-state index in [1.54, 1.807) is 0 Å². The maximum Gasteiger partial charge on any atom is 0.134 e. The smallest absolute Gasteiger partial charge is 0.134 e. The van der Waals surface area contributed by atoms with E-state index >= 15 is 0 Å². The molecule has 0 bridgehead atoms. The topological polar surface area (TPSA) is 20.3 Å². The number of Topliss-reactive ketones (excluding diaryl/α,β-unsaturated/α-hetero) is 1. The van der Waals surface area contributed by atoms with Crippen molar-refractivity contribution in [3.8, 4) is 0 Å². The highest BCUT2D eigenvalue weighted by Gasteiger charge is 2.38. The molecule has 88 valence electrons. The van der Waals surface area contributed by atoms with Crippen molar-refractivity contribution in [1.82, 2.24) is 4.90 Å².